The summed E-state index contributed by atoms with van der Waals surface area (Å²) < 4.78 is 24.8. The van der Waals surface area contributed by atoms with E-state index in [0.29, 0.717) is 17.6 Å². The molecule has 0 aromatic rings. The third-order valence-corrected chi connectivity index (χ3v) is 7.35. The standard InChI is InChI=1S/C15H32N2O2S2/c1-6-21(18,19)15-11-20-8-7-17(15)14(13(4)5)10-16-9-12(2)3/h12-16H,6-11H2,1-5H3. The van der Waals surface area contributed by atoms with Crippen molar-refractivity contribution in [3.63, 3.8) is 0 Å². The van der Waals surface area contributed by atoms with E-state index in [1.165, 1.54) is 0 Å². The molecule has 21 heavy (non-hydrogen) atoms. The molecule has 0 bridgehead atoms. The SMILES string of the molecule is CCS(=O)(=O)C1CSCCN1C(CNCC(C)C)C(C)C. The quantitative estimate of drug-likeness (QED) is 0.735. The molecule has 0 saturated carbocycles. The molecule has 126 valence electrons. The molecule has 1 aliphatic heterocycles. The molecule has 2 unspecified atom stereocenters. The Morgan fingerprint density at radius 1 is 1.24 bits per heavy atom. The molecule has 1 saturated heterocycles. The van der Waals surface area contributed by atoms with Crippen molar-refractivity contribution in [3.8, 4) is 0 Å². The highest BCUT2D eigenvalue weighted by atomic mass is 32.2. The molecule has 0 radical (unpaired) electrons. The Labute approximate surface area is 135 Å². The summed E-state index contributed by atoms with van der Waals surface area (Å²) in [6.07, 6.45) is 0. The maximum atomic E-state index is 12.4. The van der Waals surface area contributed by atoms with Crippen LogP contribution >= 0.6 is 11.8 Å². The molecule has 0 amide bonds. The Morgan fingerprint density at radius 3 is 2.43 bits per heavy atom. The summed E-state index contributed by atoms with van der Waals surface area (Å²) in [7, 11) is -3.01. The van der Waals surface area contributed by atoms with Gasteiger partial charge in [0.2, 0.25) is 0 Å². The number of hydrogen-bond acceptors (Lipinski definition) is 5. The van der Waals surface area contributed by atoms with E-state index in [2.05, 4.69) is 37.9 Å². The lowest BCUT2D eigenvalue weighted by atomic mass is 10.0. The van der Waals surface area contributed by atoms with Gasteiger partial charge < -0.3 is 5.32 Å². The Kier molecular flexibility index (Phi) is 8.03. The second-order valence-corrected chi connectivity index (χ2v) is 10.2. The van der Waals surface area contributed by atoms with Gasteiger partial charge in [0.05, 0.1) is 0 Å². The van der Waals surface area contributed by atoms with Crippen molar-refractivity contribution in [2.45, 2.75) is 46.0 Å². The van der Waals surface area contributed by atoms with Gasteiger partial charge in [-0.25, -0.2) is 8.42 Å². The summed E-state index contributed by atoms with van der Waals surface area (Å²) in [6.45, 7) is 13.3. The first-order valence-electron chi connectivity index (χ1n) is 8.05. The van der Waals surface area contributed by atoms with Gasteiger partial charge in [-0.15, -0.1) is 0 Å². The first-order valence-corrected chi connectivity index (χ1v) is 10.9. The molecule has 1 N–H and O–H groups in total. The van der Waals surface area contributed by atoms with E-state index < -0.39 is 9.84 Å². The smallest absolute Gasteiger partial charge is 0.166 e. The van der Waals surface area contributed by atoms with E-state index in [0.717, 1.165) is 25.4 Å². The van der Waals surface area contributed by atoms with Crippen molar-refractivity contribution in [3.05, 3.63) is 0 Å². The maximum absolute atomic E-state index is 12.4. The summed E-state index contributed by atoms with van der Waals surface area (Å²) in [5.41, 5.74) is 0. The number of rotatable bonds is 8. The van der Waals surface area contributed by atoms with Crippen molar-refractivity contribution < 1.29 is 8.42 Å². The topological polar surface area (TPSA) is 49.4 Å². The number of sulfone groups is 1. The second-order valence-electron chi connectivity index (χ2n) is 6.58. The summed E-state index contributed by atoms with van der Waals surface area (Å²) in [6, 6.07) is 0.288. The lowest BCUT2D eigenvalue weighted by Crippen LogP contribution is -2.57. The van der Waals surface area contributed by atoms with Gasteiger partial charge in [0.25, 0.3) is 0 Å². The van der Waals surface area contributed by atoms with Crippen LogP contribution < -0.4 is 5.32 Å². The Morgan fingerprint density at radius 2 is 1.90 bits per heavy atom. The van der Waals surface area contributed by atoms with Crippen molar-refractivity contribution in [1.82, 2.24) is 10.2 Å². The zero-order chi connectivity index (χ0) is 16.0. The van der Waals surface area contributed by atoms with Gasteiger partial charge in [0, 0.05) is 36.4 Å². The number of hydrogen-bond donors (Lipinski definition) is 1. The van der Waals surface area contributed by atoms with Gasteiger partial charge in [-0.3, -0.25) is 4.90 Å². The van der Waals surface area contributed by atoms with Crippen LogP contribution in [0.3, 0.4) is 0 Å². The molecular weight excluding hydrogens is 304 g/mol. The van der Waals surface area contributed by atoms with Gasteiger partial charge in [0.15, 0.2) is 9.84 Å². The maximum Gasteiger partial charge on any atom is 0.166 e. The first-order chi connectivity index (χ1) is 9.79. The van der Waals surface area contributed by atoms with Crippen LogP contribution in [0.25, 0.3) is 0 Å². The Bertz CT molecular complexity index is 396. The van der Waals surface area contributed by atoms with Gasteiger partial charge in [0.1, 0.15) is 5.37 Å². The van der Waals surface area contributed by atoms with Crippen molar-refractivity contribution >= 4 is 21.6 Å². The summed E-state index contributed by atoms with van der Waals surface area (Å²) >= 11 is 1.77. The fourth-order valence-corrected chi connectivity index (χ4v) is 5.81. The van der Waals surface area contributed by atoms with Crippen LogP contribution in [0.1, 0.15) is 34.6 Å². The zero-order valence-corrected chi connectivity index (χ0v) is 15.8. The van der Waals surface area contributed by atoms with E-state index >= 15 is 0 Å². The number of nitrogens with zero attached hydrogens (tertiary/aromatic N) is 1. The van der Waals surface area contributed by atoms with Gasteiger partial charge in [-0.05, 0) is 18.4 Å². The van der Waals surface area contributed by atoms with Crippen molar-refractivity contribution in [1.29, 1.82) is 0 Å². The highest BCUT2D eigenvalue weighted by Gasteiger charge is 2.37. The third kappa shape index (κ3) is 5.73. The van der Waals surface area contributed by atoms with Crippen LogP contribution in [-0.2, 0) is 9.84 Å². The number of nitrogens with one attached hydrogen (secondary N) is 1. The minimum Gasteiger partial charge on any atom is -0.315 e. The van der Waals surface area contributed by atoms with Crippen molar-refractivity contribution in [2.24, 2.45) is 11.8 Å². The van der Waals surface area contributed by atoms with E-state index in [1.807, 2.05) is 0 Å². The lowest BCUT2D eigenvalue weighted by Gasteiger charge is -2.42. The van der Waals surface area contributed by atoms with E-state index in [4.69, 9.17) is 0 Å². The molecule has 1 fully saturated rings. The molecule has 0 aliphatic carbocycles. The van der Waals surface area contributed by atoms with E-state index in [1.54, 1.807) is 18.7 Å². The molecule has 2 atom stereocenters. The normalized spacial score (nSPS) is 22.9. The average molecular weight is 337 g/mol. The summed E-state index contributed by atoms with van der Waals surface area (Å²) in [4.78, 5) is 2.24. The van der Waals surface area contributed by atoms with E-state index in [9.17, 15) is 8.42 Å². The fourth-order valence-electron chi connectivity index (χ4n) is 2.73. The zero-order valence-electron chi connectivity index (χ0n) is 14.1. The molecule has 4 nitrogen and oxygen atoms in total. The molecule has 1 aliphatic rings. The van der Waals surface area contributed by atoms with Gasteiger partial charge >= 0.3 is 0 Å². The second kappa shape index (κ2) is 8.75. The molecule has 6 heteroatoms. The fraction of sp³-hybridized carbons (Fsp3) is 1.00. The highest BCUT2D eigenvalue weighted by Crippen LogP contribution is 2.26. The molecule has 1 heterocycles. The molecular formula is C15H32N2O2S2. The van der Waals surface area contributed by atoms with Gasteiger partial charge in [-0.1, -0.05) is 34.6 Å². The highest BCUT2D eigenvalue weighted by molar-refractivity contribution is 8.01. The summed E-state index contributed by atoms with van der Waals surface area (Å²) in [5.74, 6) is 3.04. The van der Waals surface area contributed by atoms with Crippen LogP contribution in [0.15, 0.2) is 0 Å². The summed E-state index contributed by atoms with van der Waals surface area (Å²) in [5, 5.41) is 3.20. The molecule has 0 spiro atoms. The van der Waals surface area contributed by atoms with Crippen LogP contribution in [0.5, 0.6) is 0 Å². The Balaban J connectivity index is 2.82. The largest absolute Gasteiger partial charge is 0.315 e. The molecule has 0 aromatic carbocycles. The predicted molar refractivity (Wildman–Crippen MR) is 93.6 cm³/mol. The minimum absolute atomic E-state index is 0.235. The van der Waals surface area contributed by atoms with Crippen molar-refractivity contribution in [2.75, 3.05) is 36.9 Å². The number of thioether (sulfide) groups is 1. The molecule has 0 aromatic heterocycles. The lowest BCUT2D eigenvalue weighted by molar-refractivity contribution is 0.146. The molecule has 1 rings (SSSR count). The van der Waals surface area contributed by atoms with E-state index in [-0.39, 0.29) is 17.2 Å². The average Bonchev–Trinajstić information content (AvgIpc) is 2.43. The Hall–Kier alpha value is 0.220. The predicted octanol–water partition coefficient (Wildman–Crippen LogP) is 2.07. The monoisotopic (exact) mass is 336 g/mol. The minimum atomic E-state index is -3.01. The van der Waals surface area contributed by atoms with Crippen LogP contribution in [0, 0.1) is 11.8 Å². The first kappa shape index (κ1) is 19.3. The van der Waals surface area contributed by atoms with Crippen LogP contribution in [0.4, 0.5) is 0 Å². The van der Waals surface area contributed by atoms with Gasteiger partial charge in [-0.2, -0.15) is 11.8 Å². The van der Waals surface area contributed by atoms with Crippen LogP contribution in [-0.4, -0.2) is 61.6 Å². The van der Waals surface area contributed by atoms with Crippen LogP contribution in [0.2, 0.25) is 0 Å². The third-order valence-electron chi connectivity index (χ3n) is 4.04.